The second kappa shape index (κ2) is 10.4. The first-order valence-electron chi connectivity index (χ1n) is 12.3. The Bertz CT molecular complexity index is 1470. The van der Waals surface area contributed by atoms with E-state index in [9.17, 15) is 18.4 Å². The van der Waals surface area contributed by atoms with Gasteiger partial charge >= 0.3 is 5.97 Å². The van der Waals surface area contributed by atoms with Gasteiger partial charge in [-0.15, -0.1) is 11.3 Å². The van der Waals surface area contributed by atoms with Gasteiger partial charge in [-0.1, -0.05) is 37.3 Å². The topological polar surface area (TPSA) is 85.6 Å². The standard InChI is InChI=1S/C27H26F2N4O3S/c1-3-15(2)36-27(35)22-17-11-7-8-12-21(17)37-26(22)32-25(34)18-14-30-33-20(23(28)29)13-19(31-24(18)33)16-9-5-4-6-10-16/h4-6,9-10,13-15,23H,3,7-8,11-12H2,1-2H3,(H,32,34)/t15-/m1/s1. The van der Waals surface area contributed by atoms with E-state index in [2.05, 4.69) is 15.4 Å². The predicted octanol–water partition coefficient (Wildman–Crippen LogP) is 6.48. The highest BCUT2D eigenvalue weighted by Crippen LogP contribution is 2.39. The molecule has 0 saturated heterocycles. The van der Waals surface area contributed by atoms with E-state index in [4.69, 9.17) is 4.74 Å². The molecule has 0 radical (unpaired) electrons. The molecule has 3 heterocycles. The molecule has 3 aromatic heterocycles. The Balaban J connectivity index is 1.55. The van der Waals surface area contributed by atoms with Gasteiger partial charge in [0, 0.05) is 10.4 Å². The number of aromatic nitrogens is 3. The van der Waals surface area contributed by atoms with Crippen molar-refractivity contribution < 1.29 is 23.1 Å². The van der Waals surface area contributed by atoms with Crippen LogP contribution in [0.4, 0.5) is 13.8 Å². The number of benzene rings is 1. The maximum absolute atomic E-state index is 13.9. The lowest BCUT2D eigenvalue weighted by Crippen LogP contribution is -2.19. The summed E-state index contributed by atoms with van der Waals surface area (Å²) in [7, 11) is 0. The van der Waals surface area contributed by atoms with Crippen molar-refractivity contribution in [1.29, 1.82) is 0 Å². The molecule has 1 amide bonds. The summed E-state index contributed by atoms with van der Waals surface area (Å²) < 4.78 is 34.4. The van der Waals surface area contributed by atoms with Crippen LogP contribution >= 0.6 is 11.3 Å². The fourth-order valence-corrected chi connectivity index (χ4v) is 5.70. The molecule has 0 fully saturated rings. The number of hydrogen-bond acceptors (Lipinski definition) is 6. The first-order chi connectivity index (χ1) is 17.9. The number of anilines is 1. The zero-order chi connectivity index (χ0) is 26.1. The van der Waals surface area contributed by atoms with Gasteiger partial charge in [-0.25, -0.2) is 23.1 Å². The summed E-state index contributed by atoms with van der Waals surface area (Å²) in [5.74, 6) is -1.04. The van der Waals surface area contributed by atoms with Crippen LogP contribution < -0.4 is 5.32 Å². The molecule has 192 valence electrons. The molecule has 10 heteroatoms. The number of amides is 1. The second-order valence-electron chi connectivity index (χ2n) is 9.02. The van der Waals surface area contributed by atoms with Crippen molar-refractivity contribution in [2.24, 2.45) is 0 Å². The fourth-order valence-electron chi connectivity index (χ4n) is 4.42. The number of hydrogen-bond donors (Lipinski definition) is 1. The average molecular weight is 525 g/mol. The highest BCUT2D eigenvalue weighted by Gasteiger charge is 2.29. The Hall–Kier alpha value is -3.66. The van der Waals surface area contributed by atoms with Gasteiger partial charge in [0.2, 0.25) is 0 Å². The third-order valence-electron chi connectivity index (χ3n) is 6.52. The SMILES string of the molecule is CC[C@@H](C)OC(=O)c1c(NC(=O)c2cnn3c(C(F)F)cc(-c4ccccc4)nc23)sc2c1CCCC2. The van der Waals surface area contributed by atoms with Crippen molar-refractivity contribution in [3.8, 4) is 11.3 Å². The van der Waals surface area contributed by atoms with Crippen LogP contribution in [0.3, 0.4) is 0 Å². The highest BCUT2D eigenvalue weighted by molar-refractivity contribution is 7.17. The van der Waals surface area contributed by atoms with Gasteiger partial charge in [-0.2, -0.15) is 5.10 Å². The van der Waals surface area contributed by atoms with Gasteiger partial charge < -0.3 is 10.1 Å². The van der Waals surface area contributed by atoms with Crippen molar-refractivity contribution >= 4 is 33.9 Å². The first kappa shape index (κ1) is 25.0. The third-order valence-corrected chi connectivity index (χ3v) is 7.73. The number of thiophene rings is 1. The fraction of sp³-hybridized carbons (Fsp3) is 0.333. The molecule has 1 aliphatic rings. The number of fused-ring (bicyclic) bond motifs is 2. The lowest BCUT2D eigenvalue weighted by atomic mass is 9.95. The number of alkyl halides is 2. The number of rotatable bonds is 7. The van der Waals surface area contributed by atoms with E-state index in [1.54, 1.807) is 24.3 Å². The summed E-state index contributed by atoms with van der Waals surface area (Å²) in [5, 5.41) is 7.28. The van der Waals surface area contributed by atoms with Crippen LogP contribution in [0.15, 0.2) is 42.6 Å². The molecule has 5 rings (SSSR count). The van der Waals surface area contributed by atoms with Gasteiger partial charge in [-0.3, -0.25) is 4.79 Å². The summed E-state index contributed by atoms with van der Waals surface area (Å²) in [4.78, 5) is 32.1. The summed E-state index contributed by atoms with van der Waals surface area (Å²) in [6.07, 6.45) is 2.35. The Morgan fingerprint density at radius 2 is 1.95 bits per heavy atom. The molecule has 1 N–H and O–H groups in total. The number of nitrogens with zero attached hydrogens (tertiary/aromatic N) is 3. The van der Waals surface area contributed by atoms with E-state index in [-0.39, 0.29) is 23.0 Å². The zero-order valence-electron chi connectivity index (χ0n) is 20.5. The lowest BCUT2D eigenvalue weighted by molar-refractivity contribution is 0.0335. The van der Waals surface area contributed by atoms with E-state index in [0.29, 0.717) is 28.2 Å². The number of carbonyl (C=O) groups is 2. The Kier molecular flexibility index (Phi) is 7.01. The highest BCUT2D eigenvalue weighted by atomic mass is 32.1. The third kappa shape index (κ3) is 4.85. The first-order valence-corrected chi connectivity index (χ1v) is 13.1. The van der Waals surface area contributed by atoms with E-state index in [1.165, 1.54) is 23.6 Å². The molecule has 37 heavy (non-hydrogen) atoms. The Morgan fingerprint density at radius 1 is 1.19 bits per heavy atom. The maximum Gasteiger partial charge on any atom is 0.341 e. The van der Waals surface area contributed by atoms with Crippen molar-refractivity contribution in [2.45, 2.75) is 58.5 Å². The molecule has 4 aromatic rings. The molecule has 0 bridgehead atoms. The smallest absolute Gasteiger partial charge is 0.341 e. The minimum Gasteiger partial charge on any atom is -0.459 e. The number of halogens is 2. The molecular formula is C27H26F2N4O3S. The van der Waals surface area contributed by atoms with Crippen LogP contribution in [-0.4, -0.2) is 32.6 Å². The minimum absolute atomic E-state index is 0.0132. The van der Waals surface area contributed by atoms with E-state index < -0.39 is 18.3 Å². The number of nitrogens with one attached hydrogen (secondary N) is 1. The number of ether oxygens (including phenoxy) is 1. The van der Waals surface area contributed by atoms with Gasteiger partial charge in [0.25, 0.3) is 12.3 Å². The monoisotopic (exact) mass is 524 g/mol. The molecule has 1 atom stereocenters. The van der Waals surface area contributed by atoms with Gasteiger partial charge in [-0.05, 0) is 50.7 Å². The van der Waals surface area contributed by atoms with Crippen LogP contribution in [0, 0.1) is 0 Å². The molecule has 0 spiro atoms. The molecule has 1 aliphatic carbocycles. The number of aryl methyl sites for hydroxylation is 1. The van der Waals surface area contributed by atoms with Crippen molar-refractivity contribution in [2.75, 3.05) is 5.32 Å². The zero-order valence-corrected chi connectivity index (χ0v) is 21.3. The van der Waals surface area contributed by atoms with Crippen LogP contribution in [0.1, 0.15) is 76.4 Å². The quantitative estimate of drug-likeness (QED) is 0.280. The summed E-state index contributed by atoms with van der Waals surface area (Å²) in [6.45, 7) is 3.75. The summed E-state index contributed by atoms with van der Waals surface area (Å²) >= 11 is 1.36. The number of carbonyl (C=O) groups excluding carboxylic acids is 2. The van der Waals surface area contributed by atoms with Crippen molar-refractivity contribution in [3.63, 3.8) is 0 Å². The summed E-state index contributed by atoms with van der Waals surface area (Å²) in [6, 6.07) is 10.2. The van der Waals surface area contributed by atoms with Crippen LogP contribution in [0.5, 0.6) is 0 Å². The van der Waals surface area contributed by atoms with Crippen LogP contribution in [-0.2, 0) is 17.6 Å². The average Bonchev–Trinajstić information content (AvgIpc) is 3.49. The van der Waals surface area contributed by atoms with Crippen molar-refractivity contribution in [3.05, 3.63) is 69.9 Å². The van der Waals surface area contributed by atoms with Gasteiger partial charge in [0.15, 0.2) is 5.65 Å². The normalized spacial score (nSPS) is 14.0. The lowest BCUT2D eigenvalue weighted by Gasteiger charge is -2.15. The van der Waals surface area contributed by atoms with Crippen LogP contribution in [0.25, 0.3) is 16.9 Å². The predicted molar refractivity (Wildman–Crippen MR) is 137 cm³/mol. The molecule has 0 unspecified atom stereocenters. The van der Waals surface area contributed by atoms with E-state index >= 15 is 0 Å². The minimum atomic E-state index is -2.82. The summed E-state index contributed by atoms with van der Waals surface area (Å²) in [5.41, 5.74) is 1.93. The molecular weight excluding hydrogens is 498 g/mol. The van der Waals surface area contributed by atoms with Gasteiger partial charge in [0.05, 0.1) is 23.6 Å². The van der Waals surface area contributed by atoms with E-state index in [1.807, 2.05) is 19.9 Å². The molecule has 7 nitrogen and oxygen atoms in total. The molecule has 0 aliphatic heterocycles. The Morgan fingerprint density at radius 3 is 2.68 bits per heavy atom. The van der Waals surface area contributed by atoms with Crippen LogP contribution in [0.2, 0.25) is 0 Å². The van der Waals surface area contributed by atoms with Gasteiger partial charge in [0.1, 0.15) is 16.3 Å². The second-order valence-corrected chi connectivity index (χ2v) is 10.1. The van der Waals surface area contributed by atoms with Crippen molar-refractivity contribution in [1.82, 2.24) is 14.6 Å². The Labute approximate surface area is 216 Å². The molecule has 1 aromatic carbocycles. The molecule has 0 saturated carbocycles. The maximum atomic E-state index is 13.9. The number of esters is 1. The largest absolute Gasteiger partial charge is 0.459 e. The van der Waals surface area contributed by atoms with E-state index in [0.717, 1.165) is 40.6 Å².